The Morgan fingerprint density at radius 2 is 1.69 bits per heavy atom. The first-order chi connectivity index (χ1) is 21.1. The van der Waals surface area contributed by atoms with Crippen molar-refractivity contribution in [3.63, 3.8) is 0 Å². The number of fused-ring (bicyclic) bond motifs is 1. The molecule has 0 aliphatic carbocycles. The molecule has 11 heteroatoms. The number of rotatable bonds is 5. The van der Waals surface area contributed by atoms with Gasteiger partial charge in [0, 0.05) is 62.1 Å². The zero-order chi connectivity index (χ0) is 32.8. The standard InChI is InChI=1S/C34H43N7O4/c1-20(2)41-27-18-25(24-10-11-28(35-19-24)39-12-14-40(15-13-39)33(44)45-34(6,7)8)17-26(29(27)23(5)37-41)32(43)38(9)30-21(3)16-22(4)36-31(30)42/h10-11,16-20H,12-15H2,1-9H3,(H,36,42). The van der Waals surface area contributed by atoms with E-state index in [1.165, 1.54) is 4.90 Å². The summed E-state index contributed by atoms with van der Waals surface area (Å²) in [6.07, 6.45) is 1.52. The summed E-state index contributed by atoms with van der Waals surface area (Å²) < 4.78 is 7.45. The van der Waals surface area contributed by atoms with Gasteiger partial charge in [-0.1, -0.05) is 0 Å². The van der Waals surface area contributed by atoms with Crippen LogP contribution in [0.3, 0.4) is 0 Å². The lowest BCUT2D eigenvalue weighted by molar-refractivity contribution is 0.0240. The minimum Gasteiger partial charge on any atom is -0.444 e. The number of pyridine rings is 2. The third kappa shape index (κ3) is 6.43. The van der Waals surface area contributed by atoms with Crippen molar-refractivity contribution in [3.05, 3.63) is 69.4 Å². The summed E-state index contributed by atoms with van der Waals surface area (Å²) in [6.45, 7) is 17.7. The quantitative estimate of drug-likeness (QED) is 0.310. The molecule has 2 amide bonds. The van der Waals surface area contributed by atoms with E-state index in [1.807, 2.05) is 82.8 Å². The fraction of sp³-hybridized carbons (Fsp3) is 0.441. The van der Waals surface area contributed by atoms with E-state index in [2.05, 4.69) is 23.7 Å². The minimum atomic E-state index is -0.530. The van der Waals surface area contributed by atoms with Gasteiger partial charge >= 0.3 is 6.09 Å². The monoisotopic (exact) mass is 613 g/mol. The number of hydrogen-bond donors (Lipinski definition) is 1. The number of hydrogen-bond acceptors (Lipinski definition) is 7. The first-order valence-electron chi connectivity index (χ1n) is 15.4. The first kappa shape index (κ1) is 31.7. The van der Waals surface area contributed by atoms with Crippen LogP contribution in [0.2, 0.25) is 0 Å². The normalized spacial score (nSPS) is 13.9. The predicted octanol–water partition coefficient (Wildman–Crippen LogP) is 5.63. The number of aromatic amines is 1. The van der Waals surface area contributed by atoms with Gasteiger partial charge in [0.15, 0.2) is 0 Å². The molecule has 0 spiro atoms. The second-order valence-corrected chi connectivity index (χ2v) is 13.1. The summed E-state index contributed by atoms with van der Waals surface area (Å²) in [6, 6.07) is 9.81. The van der Waals surface area contributed by atoms with Crippen molar-refractivity contribution in [2.75, 3.05) is 43.0 Å². The van der Waals surface area contributed by atoms with Crippen molar-refractivity contribution in [1.29, 1.82) is 0 Å². The average Bonchev–Trinajstić information content (AvgIpc) is 3.31. The van der Waals surface area contributed by atoms with E-state index in [-0.39, 0.29) is 23.6 Å². The number of nitrogens with zero attached hydrogens (tertiary/aromatic N) is 6. The molecule has 1 aliphatic heterocycles. The van der Waals surface area contributed by atoms with E-state index in [0.29, 0.717) is 37.4 Å². The van der Waals surface area contributed by atoms with E-state index in [0.717, 1.165) is 44.8 Å². The van der Waals surface area contributed by atoms with Gasteiger partial charge in [-0.2, -0.15) is 5.10 Å². The van der Waals surface area contributed by atoms with Gasteiger partial charge in [0.25, 0.3) is 11.5 Å². The molecule has 0 radical (unpaired) electrons. The van der Waals surface area contributed by atoms with Gasteiger partial charge in [-0.25, -0.2) is 9.78 Å². The zero-order valence-corrected chi connectivity index (χ0v) is 27.7. The lowest BCUT2D eigenvalue weighted by atomic mass is 9.98. The highest BCUT2D eigenvalue weighted by Crippen LogP contribution is 2.33. The number of nitrogens with one attached hydrogen (secondary N) is 1. The Balaban J connectivity index is 1.47. The molecule has 5 rings (SSSR count). The van der Waals surface area contributed by atoms with Crippen LogP contribution in [0.25, 0.3) is 22.0 Å². The minimum absolute atomic E-state index is 0.0687. The van der Waals surface area contributed by atoms with Gasteiger partial charge in [0.2, 0.25) is 0 Å². The number of aryl methyl sites for hydroxylation is 3. The molecule has 1 aromatic carbocycles. The summed E-state index contributed by atoms with van der Waals surface area (Å²) in [5, 5.41) is 5.54. The van der Waals surface area contributed by atoms with Crippen LogP contribution in [0.1, 0.15) is 68.0 Å². The van der Waals surface area contributed by atoms with Crippen molar-refractivity contribution < 1.29 is 14.3 Å². The summed E-state index contributed by atoms with van der Waals surface area (Å²) in [7, 11) is 1.63. The van der Waals surface area contributed by atoms with Crippen molar-refractivity contribution in [1.82, 2.24) is 24.6 Å². The van der Waals surface area contributed by atoms with Gasteiger partial charge < -0.3 is 24.4 Å². The third-order valence-electron chi connectivity index (χ3n) is 8.01. The van der Waals surface area contributed by atoms with Crippen LogP contribution in [0.15, 0.2) is 41.3 Å². The fourth-order valence-corrected chi connectivity index (χ4v) is 5.92. The van der Waals surface area contributed by atoms with Gasteiger partial charge in [0.1, 0.15) is 17.1 Å². The highest BCUT2D eigenvalue weighted by atomic mass is 16.6. The van der Waals surface area contributed by atoms with Crippen molar-refractivity contribution >= 4 is 34.4 Å². The molecule has 1 fully saturated rings. The van der Waals surface area contributed by atoms with E-state index < -0.39 is 5.60 Å². The number of carbonyl (C=O) groups is 2. The number of aromatic nitrogens is 4. The lowest BCUT2D eigenvalue weighted by Gasteiger charge is -2.36. The summed E-state index contributed by atoms with van der Waals surface area (Å²) in [5.74, 6) is 0.523. The van der Waals surface area contributed by atoms with Crippen LogP contribution in [0.4, 0.5) is 16.3 Å². The third-order valence-corrected chi connectivity index (χ3v) is 8.01. The highest BCUT2D eigenvalue weighted by Gasteiger charge is 2.27. The molecular formula is C34H43N7O4. The Morgan fingerprint density at radius 1 is 1.00 bits per heavy atom. The van der Waals surface area contributed by atoms with Crippen LogP contribution < -0.4 is 15.4 Å². The molecule has 0 unspecified atom stereocenters. The number of carbonyl (C=O) groups excluding carboxylic acids is 2. The maximum absolute atomic E-state index is 14.2. The number of piperazine rings is 1. The van der Waals surface area contributed by atoms with Crippen molar-refractivity contribution in [2.24, 2.45) is 0 Å². The molecule has 1 aliphatic rings. The zero-order valence-electron chi connectivity index (χ0n) is 27.7. The average molecular weight is 614 g/mol. The van der Waals surface area contributed by atoms with Gasteiger partial charge in [-0.3, -0.25) is 14.3 Å². The fourth-order valence-electron chi connectivity index (χ4n) is 5.92. The molecule has 4 aromatic rings. The SMILES string of the molecule is Cc1cc(C)c(N(C)C(=O)c2cc(-c3ccc(N4CCN(C(=O)OC(C)(C)C)CC4)nc3)cc3c2c(C)nn3C(C)C)c(=O)[nH]1. The molecular weight excluding hydrogens is 570 g/mol. The number of ether oxygens (including phenoxy) is 1. The Bertz CT molecular complexity index is 1810. The van der Waals surface area contributed by atoms with Crippen LogP contribution in [0.5, 0.6) is 0 Å². The van der Waals surface area contributed by atoms with Crippen molar-refractivity contribution in [2.45, 2.75) is 67.0 Å². The molecule has 0 atom stereocenters. The molecule has 0 saturated carbocycles. The van der Waals surface area contributed by atoms with Crippen molar-refractivity contribution in [3.8, 4) is 11.1 Å². The molecule has 0 bridgehead atoms. The molecule has 1 N–H and O–H groups in total. The molecule has 1 saturated heterocycles. The second kappa shape index (κ2) is 12.0. The number of benzene rings is 1. The number of anilines is 2. The van der Waals surface area contributed by atoms with Crippen LogP contribution in [-0.2, 0) is 4.74 Å². The van der Waals surface area contributed by atoms with E-state index in [9.17, 15) is 14.4 Å². The van der Waals surface area contributed by atoms with Gasteiger partial charge in [-0.05, 0) is 96.8 Å². The molecule has 238 valence electrons. The Kier molecular flexibility index (Phi) is 8.48. The molecule has 45 heavy (non-hydrogen) atoms. The second-order valence-electron chi connectivity index (χ2n) is 13.1. The van der Waals surface area contributed by atoms with Crippen LogP contribution >= 0.6 is 0 Å². The maximum Gasteiger partial charge on any atom is 0.410 e. The summed E-state index contributed by atoms with van der Waals surface area (Å²) >= 11 is 0. The van der Waals surface area contributed by atoms with E-state index in [1.54, 1.807) is 11.9 Å². The summed E-state index contributed by atoms with van der Waals surface area (Å²) in [5.41, 5.74) is 4.67. The maximum atomic E-state index is 14.2. The summed E-state index contributed by atoms with van der Waals surface area (Å²) in [4.78, 5) is 52.4. The molecule has 11 nitrogen and oxygen atoms in total. The highest BCUT2D eigenvalue weighted by molar-refractivity contribution is 6.15. The van der Waals surface area contributed by atoms with E-state index in [4.69, 9.17) is 14.8 Å². The Morgan fingerprint density at radius 3 is 2.27 bits per heavy atom. The smallest absolute Gasteiger partial charge is 0.410 e. The van der Waals surface area contributed by atoms with Gasteiger partial charge in [0.05, 0.1) is 16.8 Å². The first-order valence-corrected chi connectivity index (χ1v) is 15.4. The van der Waals surface area contributed by atoms with E-state index >= 15 is 0 Å². The molecule has 4 heterocycles. The molecule has 3 aromatic heterocycles. The van der Waals surface area contributed by atoms with Gasteiger partial charge in [-0.15, -0.1) is 0 Å². The number of H-pyrrole nitrogens is 1. The lowest BCUT2D eigenvalue weighted by Crippen LogP contribution is -2.50. The van der Waals surface area contributed by atoms with Crippen LogP contribution in [0, 0.1) is 20.8 Å². The predicted molar refractivity (Wildman–Crippen MR) is 177 cm³/mol. The Labute approximate surface area is 263 Å². The topological polar surface area (TPSA) is 117 Å². The Hall–Kier alpha value is -4.67. The number of amides is 2. The van der Waals surface area contributed by atoms with Crippen LogP contribution in [-0.4, -0.2) is 75.5 Å². The largest absolute Gasteiger partial charge is 0.444 e.